The molecule has 0 amide bonds. The van der Waals surface area contributed by atoms with Gasteiger partial charge in [0.1, 0.15) is 5.75 Å². The van der Waals surface area contributed by atoms with Crippen LogP contribution in [0.25, 0.3) is 0 Å². The van der Waals surface area contributed by atoms with Crippen molar-refractivity contribution in [2.24, 2.45) is 0 Å². The minimum atomic E-state index is 0.359. The van der Waals surface area contributed by atoms with E-state index in [1.165, 1.54) is 0 Å². The first-order chi connectivity index (χ1) is 8.99. The van der Waals surface area contributed by atoms with E-state index < -0.39 is 0 Å². The summed E-state index contributed by atoms with van der Waals surface area (Å²) < 4.78 is 8.34. The van der Waals surface area contributed by atoms with Gasteiger partial charge in [-0.25, -0.2) is 4.98 Å². The van der Waals surface area contributed by atoms with Crippen molar-refractivity contribution in [3.05, 3.63) is 34.6 Å². The second-order valence-electron chi connectivity index (χ2n) is 4.71. The zero-order valence-electron chi connectivity index (χ0n) is 11.6. The van der Waals surface area contributed by atoms with Gasteiger partial charge in [0.05, 0.1) is 12.8 Å². The Morgan fingerprint density at radius 2 is 2.05 bits per heavy atom. The van der Waals surface area contributed by atoms with Gasteiger partial charge < -0.3 is 14.6 Å². The molecule has 0 spiro atoms. The van der Waals surface area contributed by atoms with Gasteiger partial charge in [-0.1, -0.05) is 15.9 Å². The van der Waals surface area contributed by atoms with Crippen LogP contribution in [0.3, 0.4) is 0 Å². The molecule has 0 fully saturated rings. The van der Waals surface area contributed by atoms with Crippen molar-refractivity contribution < 1.29 is 4.74 Å². The SMILES string of the molecule is COc1cc(Br)cc(Nc2nc(C)cn2C(C)C)c1. The van der Waals surface area contributed by atoms with Gasteiger partial charge in [0, 0.05) is 28.5 Å². The second kappa shape index (κ2) is 5.65. The Morgan fingerprint density at radius 1 is 1.32 bits per heavy atom. The summed E-state index contributed by atoms with van der Waals surface area (Å²) in [5.41, 5.74) is 1.94. The summed E-state index contributed by atoms with van der Waals surface area (Å²) in [6.07, 6.45) is 2.04. The smallest absolute Gasteiger partial charge is 0.207 e. The summed E-state index contributed by atoms with van der Waals surface area (Å²) in [7, 11) is 1.66. The fourth-order valence-corrected chi connectivity index (χ4v) is 2.36. The average Bonchev–Trinajstić information content (AvgIpc) is 2.69. The maximum atomic E-state index is 5.26. The van der Waals surface area contributed by atoms with Crippen molar-refractivity contribution >= 4 is 27.6 Å². The Hall–Kier alpha value is -1.49. The van der Waals surface area contributed by atoms with E-state index in [1.54, 1.807) is 7.11 Å². The van der Waals surface area contributed by atoms with Gasteiger partial charge in [0.2, 0.25) is 5.95 Å². The third-order valence-corrected chi connectivity index (χ3v) is 3.23. The van der Waals surface area contributed by atoms with Crippen molar-refractivity contribution in [2.45, 2.75) is 26.8 Å². The van der Waals surface area contributed by atoms with Gasteiger partial charge >= 0.3 is 0 Å². The van der Waals surface area contributed by atoms with E-state index in [1.807, 2.05) is 31.3 Å². The monoisotopic (exact) mass is 323 g/mol. The summed E-state index contributed by atoms with van der Waals surface area (Å²) in [6, 6.07) is 6.22. The van der Waals surface area contributed by atoms with E-state index >= 15 is 0 Å². The summed E-state index contributed by atoms with van der Waals surface area (Å²) >= 11 is 3.47. The van der Waals surface area contributed by atoms with Crippen LogP contribution in [-0.2, 0) is 0 Å². The standard InChI is InChI=1S/C14H18BrN3O/c1-9(2)18-8-10(3)16-14(18)17-12-5-11(15)6-13(7-12)19-4/h5-9H,1-4H3,(H,16,17). The van der Waals surface area contributed by atoms with Crippen molar-refractivity contribution in [3.63, 3.8) is 0 Å². The van der Waals surface area contributed by atoms with E-state index in [9.17, 15) is 0 Å². The van der Waals surface area contributed by atoms with E-state index in [-0.39, 0.29) is 0 Å². The number of benzene rings is 1. The molecule has 2 rings (SSSR count). The van der Waals surface area contributed by atoms with Crippen LogP contribution in [0.15, 0.2) is 28.9 Å². The molecule has 0 saturated carbocycles. The number of anilines is 2. The number of nitrogens with one attached hydrogen (secondary N) is 1. The predicted molar refractivity (Wildman–Crippen MR) is 81.3 cm³/mol. The van der Waals surface area contributed by atoms with Crippen molar-refractivity contribution in [2.75, 3.05) is 12.4 Å². The molecule has 0 aliphatic rings. The topological polar surface area (TPSA) is 39.1 Å². The molecule has 0 aliphatic carbocycles. The molecule has 19 heavy (non-hydrogen) atoms. The fraction of sp³-hybridized carbons (Fsp3) is 0.357. The molecule has 0 bridgehead atoms. The summed E-state index contributed by atoms with van der Waals surface area (Å²) in [4.78, 5) is 4.51. The molecular weight excluding hydrogens is 306 g/mol. The average molecular weight is 324 g/mol. The van der Waals surface area contributed by atoms with Crippen LogP contribution in [0.4, 0.5) is 11.6 Å². The predicted octanol–water partition coefficient (Wildman–Crippen LogP) is 4.29. The molecule has 0 radical (unpaired) electrons. The van der Waals surface area contributed by atoms with Gasteiger partial charge in [-0.2, -0.15) is 0 Å². The molecule has 5 heteroatoms. The molecule has 1 aromatic carbocycles. The lowest BCUT2D eigenvalue weighted by Crippen LogP contribution is -2.05. The van der Waals surface area contributed by atoms with E-state index in [0.717, 1.165) is 27.6 Å². The number of nitrogens with zero attached hydrogens (tertiary/aromatic N) is 2. The number of halogens is 1. The third kappa shape index (κ3) is 3.29. The zero-order valence-corrected chi connectivity index (χ0v) is 13.2. The van der Waals surface area contributed by atoms with Gasteiger partial charge in [0.15, 0.2) is 0 Å². The molecule has 1 N–H and O–H groups in total. The number of rotatable bonds is 4. The van der Waals surface area contributed by atoms with Crippen LogP contribution in [0.5, 0.6) is 5.75 Å². The Labute approximate surface area is 121 Å². The maximum absolute atomic E-state index is 5.26. The molecule has 0 saturated heterocycles. The molecule has 0 atom stereocenters. The molecule has 1 heterocycles. The highest BCUT2D eigenvalue weighted by molar-refractivity contribution is 9.10. The molecule has 2 aromatic rings. The van der Waals surface area contributed by atoms with Crippen LogP contribution in [-0.4, -0.2) is 16.7 Å². The first kappa shape index (κ1) is 13.9. The number of aromatic nitrogens is 2. The van der Waals surface area contributed by atoms with E-state index in [4.69, 9.17) is 4.74 Å². The summed E-state index contributed by atoms with van der Waals surface area (Å²) in [6.45, 7) is 6.26. The lowest BCUT2D eigenvalue weighted by atomic mass is 10.3. The van der Waals surface area contributed by atoms with Gasteiger partial charge in [-0.05, 0) is 32.9 Å². The Balaban J connectivity index is 2.33. The Kier molecular flexibility index (Phi) is 4.14. The van der Waals surface area contributed by atoms with Crippen LogP contribution >= 0.6 is 15.9 Å². The number of imidazole rings is 1. The minimum absolute atomic E-state index is 0.359. The lowest BCUT2D eigenvalue weighted by Gasteiger charge is -2.13. The van der Waals surface area contributed by atoms with Crippen LogP contribution in [0.1, 0.15) is 25.6 Å². The second-order valence-corrected chi connectivity index (χ2v) is 5.63. The molecule has 4 nitrogen and oxygen atoms in total. The largest absolute Gasteiger partial charge is 0.497 e. The van der Waals surface area contributed by atoms with Crippen LogP contribution < -0.4 is 10.1 Å². The normalized spacial score (nSPS) is 10.8. The molecule has 1 aromatic heterocycles. The highest BCUT2D eigenvalue weighted by atomic mass is 79.9. The number of hydrogen-bond acceptors (Lipinski definition) is 3. The number of ether oxygens (including phenoxy) is 1. The quantitative estimate of drug-likeness (QED) is 0.912. The van der Waals surface area contributed by atoms with E-state index in [2.05, 4.69) is 44.6 Å². The van der Waals surface area contributed by atoms with E-state index in [0.29, 0.717) is 6.04 Å². The van der Waals surface area contributed by atoms with Crippen LogP contribution in [0.2, 0.25) is 0 Å². The van der Waals surface area contributed by atoms with Crippen LogP contribution in [0, 0.1) is 6.92 Å². The summed E-state index contributed by atoms with van der Waals surface area (Å²) in [5.74, 6) is 1.64. The third-order valence-electron chi connectivity index (χ3n) is 2.77. The number of aryl methyl sites for hydroxylation is 1. The Bertz CT molecular complexity index is 578. The van der Waals surface area contributed by atoms with Gasteiger partial charge in [0.25, 0.3) is 0 Å². The highest BCUT2D eigenvalue weighted by Gasteiger charge is 2.09. The molecule has 0 aliphatic heterocycles. The van der Waals surface area contributed by atoms with Crippen molar-refractivity contribution in [1.29, 1.82) is 0 Å². The highest BCUT2D eigenvalue weighted by Crippen LogP contribution is 2.27. The molecule has 102 valence electrons. The van der Waals surface area contributed by atoms with Gasteiger partial charge in [-0.3, -0.25) is 0 Å². The molecule has 0 unspecified atom stereocenters. The molecular formula is C14H18BrN3O. The summed E-state index contributed by atoms with van der Waals surface area (Å²) in [5, 5.41) is 3.33. The van der Waals surface area contributed by atoms with Crippen molar-refractivity contribution in [1.82, 2.24) is 9.55 Å². The maximum Gasteiger partial charge on any atom is 0.207 e. The lowest BCUT2D eigenvalue weighted by molar-refractivity contribution is 0.415. The first-order valence-corrected chi connectivity index (χ1v) is 6.96. The Morgan fingerprint density at radius 3 is 2.68 bits per heavy atom. The van der Waals surface area contributed by atoms with Gasteiger partial charge in [-0.15, -0.1) is 0 Å². The fourth-order valence-electron chi connectivity index (χ4n) is 1.88. The first-order valence-electron chi connectivity index (χ1n) is 6.16. The zero-order chi connectivity index (χ0) is 14.0. The number of methoxy groups -OCH3 is 1. The van der Waals surface area contributed by atoms with Crippen molar-refractivity contribution in [3.8, 4) is 5.75 Å². The minimum Gasteiger partial charge on any atom is -0.497 e. The number of hydrogen-bond donors (Lipinski definition) is 1.